The van der Waals surface area contributed by atoms with Gasteiger partial charge in [-0.15, -0.1) is 0 Å². The number of likely N-dealkylation sites (tertiary alicyclic amines) is 1. The van der Waals surface area contributed by atoms with Crippen LogP contribution in [-0.2, 0) is 6.54 Å². The van der Waals surface area contributed by atoms with Crippen molar-refractivity contribution < 1.29 is 29.4 Å². The van der Waals surface area contributed by atoms with Gasteiger partial charge in [-0.1, -0.05) is 0 Å². The van der Waals surface area contributed by atoms with Gasteiger partial charge < -0.3 is 28.9 Å². The zero-order valence-corrected chi connectivity index (χ0v) is 17.6. The van der Waals surface area contributed by atoms with Gasteiger partial charge in [-0.05, 0) is 30.5 Å². The molecule has 3 atom stereocenters. The van der Waals surface area contributed by atoms with Gasteiger partial charge in [0.15, 0.2) is 11.5 Å². The second-order valence-corrected chi connectivity index (χ2v) is 7.82. The lowest BCUT2D eigenvalue weighted by Gasteiger charge is -2.42. The van der Waals surface area contributed by atoms with E-state index in [9.17, 15) is 20.0 Å². The molecule has 10 nitrogen and oxygen atoms in total. The zero-order valence-electron chi connectivity index (χ0n) is 17.6. The summed E-state index contributed by atoms with van der Waals surface area (Å²) in [4.78, 5) is 27.7. The molecule has 2 aliphatic heterocycles. The Kier molecular flexibility index (Phi) is 5.61. The first-order chi connectivity index (χ1) is 14.9. The fraction of sp³-hybridized carbons (Fsp3) is 0.429. The van der Waals surface area contributed by atoms with Crippen LogP contribution in [0, 0.1) is 11.1 Å². The van der Waals surface area contributed by atoms with Gasteiger partial charge in [0.2, 0.25) is 11.4 Å². The summed E-state index contributed by atoms with van der Waals surface area (Å²) in [6.45, 7) is 1.32. The minimum atomic E-state index is -1.23. The van der Waals surface area contributed by atoms with Crippen LogP contribution in [0.5, 0.6) is 17.2 Å². The van der Waals surface area contributed by atoms with Crippen molar-refractivity contribution in [2.75, 3.05) is 34.4 Å². The number of pyridine rings is 1. The van der Waals surface area contributed by atoms with E-state index in [1.54, 1.807) is 27.7 Å². The molecule has 1 aromatic heterocycles. The van der Waals surface area contributed by atoms with Crippen molar-refractivity contribution in [1.29, 1.82) is 0 Å². The van der Waals surface area contributed by atoms with Gasteiger partial charge in [-0.2, -0.15) is 5.23 Å². The first-order valence-corrected chi connectivity index (χ1v) is 9.94. The maximum atomic E-state index is 13.3. The monoisotopic (exact) mass is 431 g/mol. The van der Waals surface area contributed by atoms with E-state index in [0.29, 0.717) is 42.4 Å². The van der Waals surface area contributed by atoms with Crippen molar-refractivity contribution >= 4 is 11.6 Å². The number of quaternary nitrogens is 1. The minimum Gasteiger partial charge on any atom is -0.595 e. The van der Waals surface area contributed by atoms with Crippen LogP contribution in [0.4, 0.5) is 5.69 Å². The Bertz CT molecular complexity index is 1040. The molecule has 4 rings (SSSR count). The second-order valence-electron chi connectivity index (χ2n) is 7.82. The highest BCUT2D eigenvalue weighted by atomic mass is 16.8. The van der Waals surface area contributed by atoms with Crippen molar-refractivity contribution in [1.82, 2.24) is 9.47 Å². The maximum Gasteiger partial charge on any atom is 0.315 e. The maximum absolute atomic E-state index is 13.3. The summed E-state index contributed by atoms with van der Waals surface area (Å²) in [5.74, 6) is 1.10. The summed E-state index contributed by atoms with van der Waals surface area (Å²) < 4.78 is 17.6. The number of methoxy groups -OCH3 is 3. The molecule has 1 amide bonds. The van der Waals surface area contributed by atoms with E-state index in [2.05, 4.69) is 0 Å². The SMILES string of the molecule is COc1cc(C(=O)N2C[C@H]3C[C@H](C2)c2ccc([NH+]([O-])O)c(=O)n2C3)cc(OC)c1OC. The number of rotatable bonds is 5. The average Bonchev–Trinajstić information content (AvgIpc) is 2.77. The van der Waals surface area contributed by atoms with Gasteiger partial charge in [-0.25, -0.2) is 5.21 Å². The average molecular weight is 431 g/mol. The molecule has 31 heavy (non-hydrogen) atoms. The Morgan fingerprint density at radius 1 is 1.10 bits per heavy atom. The smallest absolute Gasteiger partial charge is 0.315 e. The molecule has 3 heterocycles. The first kappa shape index (κ1) is 21.2. The van der Waals surface area contributed by atoms with Crippen molar-refractivity contribution in [3.05, 3.63) is 51.1 Å². The minimum absolute atomic E-state index is 0.0333. The molecule has 1 aromatic carbocycles. The van der Waals surface area contributed by atoms with E-state index >= 15 is 0 Å². The summed E-state index contributed by atoms with van der Waals surface area (Å²) in [5, 5.41) is 19.3. The van der Waals surface area contributed by atoms with Crippen LogP contribution in [0.1, 0.15) is 28.4 Å². The predicted molar refractivity (Wildman–Crippen MR) is 109 cm³/mol. The lowest BCUT2D eigenvalue weighted by molar-refractivity contribution is -0.992. The Morgan fingerprint density at radius 2 is 1.77 bits per heavy atom. The molecule has 2 aromatic rings. The number of nitrogens with zero attached hydrogens (tertiary/aromatic N) is 2. The van der Waals surface area contributed by atoms with Gasteiger partial charge in [-0.3, -0.25) is 9.59 Å². The number of ether oxygens (including phenoxy) is 3. The Hall–Kier alpha value is -3.08. The molecule has 10 heteroatoms. The van der Waals surface area contributed by atoms with Gasteiger partial charge >= 0.3 is 5.56 Å². The van der Waals surface area contributed by atoms with E-state index < -0.39 is 10.8 Å². The molecule has 2 N–H and O–H groups in total. The standard InChI is InChI=1S/C21H25N3O7/c1-29-17-7-13(8-18(30-2)19(17)31-3)20(25)22-9-12-6-14(11-22)15-4-5-16(24(27)28)21(26)23(15)10-12/h4-5,7-8,12,14,24,27H,6,9-11H2,1-3H3/t12-,14-/m1/s1. The fourth-order valence-electron chi connectivity index (χ4n) is 4.66. The molecule has 2 bridgehead atoms. The Morgan fingerprint density at radius 3 is 2.35 bits per heavy atom. The van der Waals surface area contributed by atoms with Crippen LogP contribution in [0.25, 0.3) is 0 Å². The topological polar surface area (TPSA) is 118 Å². The fourth-order valence-corrected chi connectivity index (χ4v) is 4.66. The number of amides is 1. The third-order valence-corrected chi connectivity index (χ3v) is 6.03. The van der Waals surface area contributed by atoms with Gasteiger partial charge in [0, 0.05) is 42.9 Å². The van der Waals surface area contributed by atoms with E-state index in [1.165, 1.54) is 27.4 Å². The number of benzene rings is 1. The largest absolute Gasteiger partial charge is 0.595 e. The third kappa shape index (κ3) is 3.62. The predicted octanol–water partition coefficient (Wildman–Crippen LogP) is 0.537. The number of carbonyl (C=O) groups excluding carboxylic acids is 1. The number of hydrogen-bond acceptors (Lipinski definition) is 7. The molecule has 0 saturated carbocycles. The number of aromatic nitrogens is 1. The molecule has 0 aliphatic carbocycles. The number of carbonyl (C=O) groups is 1. The molecular formula is C21H25N3O7. The van der Waals surface area contributed by atoms with Crippen molar-refractivity contribution in [3.63, 3.8) is 0 Å². The summed E-state index contributed by atoms with van der Waals surface area (Å²) >= 11 is 0. The molecule has 1 unspecified atom stereocenters. The van der Waals surface area contributed by atoms with Crippen LogP contribution >= 0.6 is 0 Å². The van der Waals surface area contributed by atoms with Gasteiger partial charge in [0.1, 0.15) is 0 Å². The summed E-state index contributed by atoms with van der Waals surface area (Å²) in [7, 11) is 4.50. The molecular weight excluding hydrogens is 406 g/mol. The summed E-state index contributed by atoms with van der Waals surface area (Å²) in [6, 6.07) is 6.31. The summed E-state index contributed by atoms with van der Waals surface area (Å²) in [5.41, 5.74) is 0.486. The number of hydrogen-bond donors (Lipinski definition) is 2. The highest BCUT2D eigenvalue weighted by Gasteiger charge is 2.37. The second kappa shape index (κ2) is 8.22. The van der Waals surface area contributed by atoms with Gasteiger partial charge in [0.05, 0.1) is 21.3 Å². The third-order valence-electron chi connectivity index (χ3n) is 6.03. The van der Waals surface area contributed by atoms with Crippen LogP contribution in [-0.4, -0.2) is 55.0 Å². The van der Waals surface area contributed by atoms with Crippen molar-refractivity contribution in [3.8, 4) is 17.2 Å². The van der Waals surface area contributed by atoms with Crippen LogP contribution in [0.3, 0.4) is 0 Å². The van der Waals surface area contributed by atoms with Crippen LogP contribution in [0.2, 0.25) is 0 Å². The van der Waals surface area contributed by atoms with Crippen molar-refractivity contribution in [2.45, 2.75) is 18.9 Å². The Labute approximate surface area is 178 Å². The summed E-state index contributed by atoms with van der Waals surface area (Å²) in [6.07, 6.45) is 0.852. The number of fused-ring (bicyclic) bond motifs is 4. The van der Waals surface area contributed by atoms with Crippen LogP contribution < -0.4 is 25.0 Å². The van der Waals surface area contributed by atoms with Gasteiger partial charge in [0.25, 0.3) is 5.91 Å². The normalized spacial score (nSPS) is 20.6. The molecule has 166 valence electrons. The molecule has 0 radical (unpaired) electrons. The quantitative estimate of drug-likeness (QED) is 0.664. The Balaban J connectivity index is 1.64. The highest BCUT2D eigenvalue weighted by molar-refractivity contribution is 5.95. The van der Waals surface area contributed by atoms with E-state index in [1.807, 2.05) is 0 Å². The highest BCUT2D eigenvalue weighted by Crippen LogP contribution is 2.40. The van der Waals surface area contributed by atoms with Crippen LogP contribution in [0.15, 0.2) is 29.1 Å². The number of nitrogens with one attached hydrogen (secondary N) is 1. The molecule has 2 aliphatic rings. The number of piperidine rings is 1. The van der Waals surface area contributed by atoms with Crippen molar-refractivity contribution in [2.24, 2.45) is 5.92 Å². The zero-order chi connectivity index (χ0) is 22.3. The lowest BCUT2D eigenvalue weighted by atomic mass is 9.83. The van der Waals surface area contributed by atoms with E-state index in [-0.39, 0.29) is 23.4 Å². The van der Waals surface area contributed by atoms with E-state index in [4.69, 9.17) is 14.2 Å². The van der Waals surface area contributed by atoms with E-state index in [0.717, 1.165) is 12.1 Å². The molecule has 1 saturated heterocycles. The lowest BCUT2D eigenvalue weighted by Crippen LogP contribution is -3.00. The molecule has 0 spiro atoms. The first-order valence-electron chi connectivity index (χ1n) is 9.94. The molecule has 1 fully saturated rings.